The van der Waals surface area contributed by atoms with Gasteiger partial charge in [0.2, 0.25) is 0 Å². The van der Waals surface area contributed by atoms with E-state index >= 15 is 0 Å². The molecule has 0 fully saturated rings. The summed E-state index contributed by atoms with van der Waals surface area (Å²) in [5.74, 6) is 0.625. The van der Waals surface area contributed by atoms with Crippen LogP contribution in [0.2, 0.25) is 0 Å². The van der Waals surface area contributed by atoms with Crippen LogP contribution in [0.3, 0.4) is 0 Å². The first-order valence-electron chi connectivity index (χ1n) is 3.82. The van der Waals surface area contributed by atoms with Crippen molar-refractivity contribution in [1.82, 2.24) is 15.1 Å². The average Bonchev–Trinajstić information content (AvgIpc) is 2.62. The largest absolute Gasteiger partial charge is 0.395 e. The molecule has 0 atom stereocenters. The molecule has 0 bridgehead atoms. The van der Waals surface area contributed by atoms with Crippen LogP contribution in [-0.2, 0) is 0 Å². The number of hydrogen-bond acceptors (Lipinski definition) is 6. The molecule has 0 aliphatic carbocycles. The number of anilines is 1. The molecule has 13 heavy (non-hydrogen) atoms. The van der Waals surface area contributed by atoms with E-state index in [1.54, 1.807) is 0 Å². The molecule has 0 aliphatic rings. The Labute approximate surface area is 73.6 Å². The van der Waals surface area contributed by atoms with E-state index in [0.29, 0.717) is 18.1 Å². The average molecular weight is 180 g/mol. The predicted octanol–water partition coefficient (Wildman–Crippen LogP) is 0.0220. The summed E-state index contributed by atoms with van der Waals surface area (Å²) in [6.45, 7) is 0.494. The first-order chi connectivity index (χ1) is 6.42. The number of nitrogens with zero attached hydrogens (tertiary/aromatic N) is 3. The highest BCUT2D eigenvalue weighted by molar-refractivity contribution is 5.83. The number of aliphatic hydroxyl groups excluding tert-OH is 1. The Morgan fingerprint density at radius 3 is 3.23 bits per heavy atom. The SMILES string of the molecule is OCCNc1ncnc2oncc12. The van der Waals surface area contributed by atoms with E-state index in [1.165, 1.54) is 12.5 Å². The molecule has 2 aromatic rings. The van der Waals surface area contributed by atoms with E-state index in [0.717, 1.165) is 5.39 Å². The van der Waals surface area contributed by atoms with Gasteiger partial charge in [-0.2, -0.15) is 4.98 Å². The number of aromatic nitrogens is 3. The lowest BCUT2D eigenvalue weighted by Gasteiger charge is -2.01. The van der Waals surface area contributed by atoms with Gasteiger partial charge >= 0.3 is 0 Å². The van der Waals surface area contributed by atoms with Crippen LogP contribution in [0.25, 0.3) is 11.1 Å². The maximum atomic E-state index is 8.61. The van der Waals surface area contributed by atoms with E-state index in [1.807, 2.05) is 0 Å². The van der Waals surface area contributed by atoms with Gasteiger partial charge in [0.25, 0.3) is 5.71 Å². The standard InChI is InChI=1S/C7H8N4O2/c12-2-1-8-6-5-3-11-13-7(5)10-4-9-6/h3-4,12H,1-2H2,(H,8,9,10). The summed E-state index contributed by atoms with van der Waals surface area (Å²) in [5.41, 5.74) is 0.440. The maximum absolute atomic E-state index is 8.61. The van der Waals surface area contributed by atoms with Crippen LogP contribution < -0.4 is 5.32 Å². The van der Waals surface area contributed by atoms with Crippen LogP contribution in [-0.4, -0.2) is 33.4 Å². The molecule has 0 saturated carbocycles. The zero-order valence-electron chi connectivity index (χ0n) is 6.77. The lowest BCUT2D eigenvalue weighted by Crippen LogP contribution is -2.07. The van der Waals surface area contributed by atoms with Crippen molar-refractivity contribution in [3.63, 3.8) is 0 Å². The number of rotatable bonds is 3. The molecule has 0 saturated heterocycles. The Hall–Kier alpha value is -1.69. The highest BCUT2D eigenvalue weighted by Crippen LogP contribution is 2.17. The molecular weight excluding hydrogens is 172 g/mol. The van der Waals surface area contributed by atoms with Crippen molar-refractivity contribution in [1.29, 1.82) is 0 Å². The second kappa shape index (κ2) is 3.36. The van der Waals surface area contributed by atoms with E-state index in [-0.39, 0.29) is 6.61 Å². The zero-order chi connectivity index (χ0) is 9.10. The monoisotopic (exact) mass is 180 g/mol. The van der Waals surface area contributed by atoms with Crippen LogP contribution >= 0.6 is 0 Å². The minimum Gasteiger partial charge on any atom is -0.395 e. The Morgan fingerprint density at radius 2 is 2.38 bits per heavy atom. The third-order valence-electron chi connectivity index (χ3n) is 1.57. The Balaban J connectivity index is 2.37. The first kappa shape index (κ1) is 7.93. The van der Waals surface area contributed by atoms with E-state index < -0.39 is 0 Å². The van der Waals surface area contributed by atoms with Gasteiger partial charge in [-0.25, -0.2) is 4.98 Å². The second-order valence-electron chi connectivity index (χ2n) is 2.42. The molecule has 2 rings (SSSR count). The fourth-order valence-electron chi connectivity index (χ4n) is 1.01. The fraction of sp³-hybridized carbons (Fsp3) is 0.286. The van der Waals surface area contributed by atoms with Gasteiger partial charge in [0.1, 0.15) is 17.5 Å². The Kier molecular flexibility index (Phi) is 2.05. The molecule has 2 heterocycles. The van der Waals surface area contributed by atoms with Crippen LogP contribution in [0.4, 0.5) is 5.82 Å². The topological polar surface area (TPSA) is 84.1 Å². The number of nitrogens with one attached hydrogen (secondary N) is 1. The Morgan fingerprint density at radius 1 is 1.46 bits per heavy atom. The van der Waals surface area contributed by atoms with Gasteiger partial charge in [0.15, 0.2) is 0 Å². The number of hydrogen-bond donors (Lipinski definition) is 2. The molecule has 0 aromatic carbocycles. The highest BCUT2D eigenvalue weighted by Gasteiger charge is 2.05. The molecule has 2 N–H and O–H groups in total. The van der Waals surface area contributed by atoms with E-state index in [2.05, 4.69) is 20.4 Å². The van der Waals surface area contributed by atoms with Crippen LogP contribution in [0, 0.1) is 0 Å². The zero-order valence-corrected chi connectivity index (χ0v) is 6.77. The van der Waals surface area contributed by atoms with Crippen molar-refractivity contribution < 1.29 is 9.63 Å². The van der Waals surface area contributed by atoms with Gasteiger partial charge in [-0.3, -0.25) is 0 Å². The molecule has 0 aliphatic heterocycles. The predicted molar refractivity (Wildman–Crippen MR) is 45.2 cm³/mol. The third-order valence-corrected chi connectivity index (χ3v) is 1.57. The van der Waals surface area contributed by atoms with Crippen molar-refractivity contribution in [2.45, 2.75) is 0 Å². The summed E-state index contributed by atoms with van der Waals surface area (Å²) in [4.78, 5) is 7.85. The summed E-state index contributed by atoms with van der Waals surface area (Å²) < 4.78 is 4.83. The highest BCUT2D eigenvalue weighted by atomic mass is 16.5. The van der Waals surface area contributed by atoms with Crippen LogP contribution in [0.5, 0.6) is 0 Å². The first-order valence-corrected chi connectivity index (χ1v) is 3.82. The summed E-state index contributed by atoms with van der Waals surface area (Å²) >= 11 is 0. The minimum atomic E-state index is 0.0524. The van der Waals surface area contributed by atoms with Gasteiger partial charge < -0.3 is 14.9 Å². The van der Waals surface area contributed by atoms with Crippen molar-refractivity contribution >= 4 is 16.9 Å². The van der Waals surface area contributed by atoms with Gasteiger partial charge in [0.05, 0.1) is 12.8 Å². The second-order valence-corrected chi connectivity index (χ2v) is 2.42. The lowest BCUT2D eigenvalue weighted by atomic mass is 10.4. The van der Waals surface area contributed by atoms with E-state index in [4.69, 9.17) is 9.63 Å². The molecule has 0 unspecified atom stereocenters. The fourth-order valence-corrected chi connectivity index (χ4v) is 1.01. The quantitative estimate of drug-likeness (QED) is 0.692. The van der Waals surface area contributed by atoms with Crippen LogP contribution in [0.1, 0.15) is 0 Å². The van der Waals surface area contributed by atoms with Gasteiger partial charge in [-0.1, -0.05) is 5.16 Å². The van der Waals surface area contributed by atoms with Gasteiger partial charge in [0, 0.05) is 6.54 Å². The molecule has 6 heteroatoms. The smallest absolute Gasteiger partial charge is 0.262 e. The Bertz CT molecular complexity index is 400. The lowest BCUT2D eigenvalue weighted by molar-refractivity contribution is 0.311. The summed E-state index contributed by atoms with van der Waals surface area (Å²) in [7, 11) is 0. The summed E-state index contributed by atoms with van der Waals surface area (Å²) in [5, 5.41) is 15.8. The number of fused-ring (bicyclic) bond motifs is 1. The molecule has 0 spiro atoms. The maximum Gasteiger partial charge on any atom is 0.262 e. The molecule has 0 amide bonds. The van der Waals surface area contributed by atoms with Crippen LogP contribution in [0.15, 0.2) is 17.0 Å². The van der Waals surface area contributed by atoms with Gasteiger partial charge in [-0.05, 0) is 0 Å². The molecular formula is C7H8N4O2. The summed E-state index contributed by atoms with van der Waals surface area (Å²) in [6, 6.07) is 0. The third kappa shape index (κ3) is 1.43. The molecule has 68 valence electrons. The van der Waals surface area contributed by atoms with Crippen molar-refractivity contribution in [2.75, 3.05) is 18.5 Å². The molecule has 2 aromatic heterocycles. The van der Waals surface area contributed by atoms with Gasteiger partial charge in [-0.15, -0.1) is 0 Å². The summed E-state index contributed by atoms with van der Waals surface area (Å²) in [6.07, 6.45) is 2.92. The minimum absolute atomic E-state index is 0.0524. The normalized spacial score (nSPS) is 10.5. The van der Waals surface area contributed by atoms with Crippen molar-refractivity contribution in [3.05, 3.63) is 12.5 Å². The number of aliphatic hydroxyl groups is 1. The molecule has 6 nitrogen and oxygen atoms in total. The van der Waals surface area contributed by atoms with E-state index in [9.17, 15) is 0 Å². The van der Waals surface area contributed by atoms with Crippen molar-refractivity contribution in [3.8, 4) is 0 Å². The van der Waals surface area contributed by atoms with Crippen molar-refractivity contribution in [2.24, 2.45) is 0 Å². The molecule has 0 radical (unpaired) electrons.